The van der Waals surface area contributed by atoms with E-state index in [4.69, 9.17) is 17.0 Å². The minimum Gasteiger partial charge on any atom is -0.376 e. The molecule has 3 atom stereocenters. The van der Waals surface area contributed by atoms with E-state index in [2.05, 4.69) is 25.8 Å². The van der Waals surface area contributed by atoms with Crippen molar-refractivity contribution in [2.24, 2.45) is 0 Å². The fourth-order valence-corrected chi connectivity index (χ4v) is 4.85. The third-order valence-corrected chi connectivity index (χ3v) is 6.40. The Kier molecular flexibility index (Phi) is 5.59. The van der Waals surface area contributed by atoms with E-state index in [1.165, 1.54) is 12.1 Å². The minimum atomic E-state index is -0.389. The van der Waals surface area contributed by atoms with Gasteiger partial charge in [-0.15, -0.1) is 0 Å². The number of non-ortho nitro benzene ring substituents is 1. The molecule has 2 aromatic heterocycles. The molecule has 2 fully saturated rings. The van der Waals surface area contributed by atoms with Crippen LogP contribution in [0.3, 0.4) is 0 Å². The van der Waals surface area contributed by atoms with E-state index in [1.807, 2.05) is 30.5 Å². The lowest BCUT2D eigenvalue weighted by molar-refractivity contribution is -0.384. The van der Waals surface area contributed by atoms with Crippen molar-refractivity contribution >= 4 is 23.0 Å². The van der Waals surface area contributed by atoms with Gasteiger partial charge in [0.15, 0.2) is 5.11 Å². The molecule has 5 rings (SSSR count). The molecule has 0 bridgehead atoms. The zero-order valence-electron chi connectivity index (χ0n) is 17.3. The second kappa shape index (κ2) is 8.68. The Balaban J connectivity index is 1.55. The van der Waals surface area contributed by atoms with Crippen LogP contribution in [0.25, 0.3) is 5.69 Å². The summed E-state index contributed by atoms with van der Waals surface area (Å²) in [6.45, 7) is 1.48. The van der Waals surface area contributed by atoms with E-state index >= 15 is 0 Å². The van der Waals surface area contributed by atoms with Gasteiger partial charge in [-0.3, -0.25) is 15.1 Å². The van der Waals surface area contributed by atoms with Crippen molar-refractivity contribution in [3.05, 3.63) is 88.5 Å². The van der Waals surface area contributed by atoms with Gasteiger partial charge in [-0.25, -0.2) is 0 Å². The number of nitrogens with zero attached hydrogens (tertiary/aromatic N) is 4. The summed E-state index contributed by atoms with van der Waals surface area (Å²) in [5.74, 6) is 0. The maximum Gasteiger partial charge on any atom is 0.269 e. The molecule has 2 saturated heterocycles. The largest absolute Gasteiger partial charge is 0.376 e. The molecular weight excluding hydrogens is 426 g/mol. The van der Waals surface area contributed by atoms with Crippen LogP contribution in [-0.4, -0.2) is 43.7 Å². The highest BCUT2D eigenvalue weighted by atomic mass is 32.1. The SMILES string of the molecule is O=[N+]([O-])c1ccc(-n2cccc2[C@@H]2[C@@H](c3ccccn3)NC(=S)N2C[C@H]2CCCO2)cc1. The van der Waals surface area contributed by atoms with Crippen LogP contribution >= 0.6 is 12.2 Å². The number of pyridine rings is 1. The van der Waals surface area contributed by atoms with E-state index in [0.717, 1.165) is 36.5 Å². The monoisotopic (exact) mass is 449 g/mol. The third kappa shape index (κ3) is 3.85. The minimum absolute atomic E-state index is 0.0672. The van der Waals surface area contributed by atoms with Crippen LogP contribution in [0.4, 0.5) is 5.69 Å². The molecule has 9 heteroatoms. The Morgan fingerprint density at radius 3 is 2.72 bits per heavy atom. The van der Waals surface area contributed by atoms with E-state index in [-0.39, 0.29) is 28.8 Å². The first-order chi connectivity index (χ1) is 15.6. The zero-order chi connectivity index (χ0) is 22.1. The summed E-state index contributed by atoms with van der Waals surface area (Å²) >= 11 is 5.76. The molecule has 0 unspecified atom stereocenters. The highest BCUT2D eigenvalue weighted by Crippen LogP contribution is 2.40. The number of thiocarbonyl (C=S) groups is 1. The van der Waals surface area contributed by atoms with Gasteiger partial charge in [0, 0.05) is 49.1 Å². The predicted molar refractivity (Wildman–Crippen MR) is 124 cm³/mol. The first-order valence-corrected chi connectivity index (χ1v) is 11.0. The molecule has 1 aromatic carbocycles. The van der Waals surface area contributed by atoms with Gasteiger partial charge in [-0.05, 0) is 61.5 Å². The van der Waals surface area contributed by atoms with Crippen LogP contribution in [0.2, 0.25) is 0 Å². The van der Waals surface area contributed by atoms with Crippen molar-refractivity contribution in [3.8, 4) is 5.69 Å². The highest BCUT2D eigenvalue weighted by Gasteiger charge is 2.42. The summed E-state index contributed by atoms with van der Waals surface area (Å²) in [4.78, 5) is 17.5. The quantitative estimate of drug-likeness (QED) is 0.347. The van der Waals surface area contributed by atoms with Crippen LogP contribution in [0.5, 0.6) is 0 Å². The fraction of sp³-hybridized carbons (Fsp3) is 0.304. The molecule has 2 aliphatic rings. The Bertz CT molecular complexity index is 1110. The topological polar surface area (TPSA) is 85.5 Å². The number of hydrogen-bond donors (Lipinski definition) is 1. The first kappa shape index (κ1) is 20.6. The molecule has 3 aromatic rings. The Hall–Kier alpha value is -3.30. The zero-order valence-corrected chi connectivity index (χ0v) is 18.1. The van der Waals surface area contributed by atoms with E-state index in [0.29, 0.717) is 11.7 Å². The molecule has 0 saturated carbocycles. The van der Waals surface area contributed by atoms with Gasteiger partial charge in [0.25, 0.3) is 5.69 Å². The Morgan fingerprint density at radius 1 is 1.19 bits per heavy atom. The first-order valence-electron chi connectivity index (χ1n) is 10.6. The van der Waals surface area contributed by atoms with E-state index < -0.39 is 0 Å². The molecule has 0 amide bonds. The molecular formula is C23H23N5O3S. The standard InChI is InChI=1S/C23H23N5O3S/c29-28(30)17-10-8-16(9-11-17)26-13-3-7-20(26)22-21(19-6-1-2-12-24-19)25-23(32)27(22)15-18-5-4-14-31-18/h1-3,6-13,18,21-22H,4-5,14-15H2,(H,25,32)/t18-,21-,22-/m1/s1. The second-order valence-corrected chi connectivity index (χ2v) is 8.38. The number of nitrogens with one attached hydrogen (secondary N) is 1. The van der Waals surface area contributed by atoms with Crippen LogP contribution in [0, 0.1) is 10.1 Å². The fourth-order valence-electron chi connectivity index (χ4n) is 4.54. The number of rotatable bonds is 6. The molecule has 32 heavy (non-hydrogen) atoms. The van der Waals surface area contributed by atoms with E-state index in [9.17, 15) is 10.1 Å². The van der Waals surface area contributed by atoms with Gasteiger partial charge in [-0.2, -0.15) is 0 Å². The summed E-state index contributed by atoms with van der Waals surface area (Å²) in [6, 6.07) is 16.3. The molecule has 1 N–H and O–H groups in total. The van der Waals surface area contributed by atoms with Crippen molar-refractivity contribution in [3.63, 3.8) is 0 Å². The molecule has 0 radical (unpaired) electrons. The summed E-state index contributed by atoms with van der Waals surface area (Å²) in [5, 5.41) is 15.2. The number of aromatic nitrogens is 2. The number of nitro benzene ring substituents is 1. The second-order valence-electron chi connectivity index (χ2n) is 7.99. The number of benzene rings is 1. The van der Waals surface area contributed by atoms with Crippen LogP contribution < -0.4 is 5.32 Å². The smallest absolute Gasteiger partial charge is 0.269 e. The highest BCUT2D eigenvalue weighted by molar-refractivity contribution is 7.80. The van der Waals surface area contributed by atoms with Crippen LogP contribution in [0.15, 0.2) is 67.0 Å². The van der Waals surface area contributed by atoms with Gasteiger partial charge < -0.3 is 19.5 Å². The number of nitro groups is 1. The molecule has 164 valence electrons. The van der Waals surface area contributed by atoms with Crippen molar-refractivity contribution in [1.82, 2.24) is 19.8 Å². The average molecular weight is 450 g/mol. The van der Waals surface area contributed by atoms with Crippen LogP contribution in [0.1, 0.15) is 36.3 Å². The van der Waals surface area contributed by atoms with Crippen molar-refractivity contribution < 1.29 is 9.66 Å². The number of hydrogen-bond acceptors (Lipinski definition) is 5. The van der Waals surface area contributed by atoms with Gasteiger partial charge in [0.2, 0.25) is 0 Å². The molecule has 8 nitrogen and oxygen atoms in total. The van der Waals surface area contributed by atoms with Gasteiger partial charge in [-0.1, -0.05) is 6.07 Å². The Labute approximate surface area is 191 Å². The molecule has 4 heterocycles. The normalized spacial score (nSPS) is 22.8. The van der Waals surface area contributed by atoms with Crippen molar-refractivity contribution in [2.75, 3.05) is 13.2 Å². The summed E-state index contributed by atoms with van der Waals surface area (Å²) < 4.78 is 7.96. The van der Waals surface area contributed by atoms with Gasteiger partial charge in [0.1, 0.15) is 0 Å². The molecule has 0 spiro atoms. The van der Waals surface area contributed by atoms with Gasteiger partial charge >= 0.3 is 0 Å². The van der Waals surface area contributed by atoms with Crippen LogP contribution in [-0.2, 0) is 4.74 Å². The summed E-state index contributed by atoms with van der Waals surface area (Å²) in [6.07, 6.45) is 5.98. The lowest BCUT2D eigenvalue weighted by atomic mass is 10.0. The summed E-state index contributed by atoms with van der Waals surface area (Å²) in [7, 11) is 0. The third-order valence-electron chi connectivity index (χ3n) is 6.04. The lowest BCUT2D eigenvalue weighted by Crippen LogP contribution is -2.36. The number of ether oxygens (including phenoxy) is 1. The van der Waals surface area contributed by atoms with Crippen molar-refractivity contribution in [1.29, 1.82) is 0 Å². The summed E-state index contributed by atoms with van der Waals surface area (Å²) in [5.41, 5.74) is 2.86. The van der Waals surface area contributed by atoms with Gasteiger partial charge in [0.05, 0.1) is 28.8 Å². The predicted octanol–water partition coefficient (Wildman–Crippen LogP) is 3.93. The maximum absolute atomic E-state index is 11.1. The molecule has 2 aliphatic heterocycles. The van der Waals surface area contributed by atoms with E-state index in [1.54, 1.807) is 18.3 Å². The lowest BCUT2D eigenvalue weighted by Gasteiger charge is -2.30. The van der Waals surface area contributed by atoms with Crippen molar-refractivity contribution in [2.45, 2.75) is 31.0 Å². The molecule has 0 aliphatic carbocycles. The maximum atomic E-state index is 11.1. The average Bonchev–Trinajstić information content (AvgIpc) is 3.56. The Morgan fingerprint density at radius 2 is 2.03 bits per heavy atom.